The van der Waals surface area contributed by atoms with E-state index in [0.717, 1.165) is 16.7 Å². The fourth-order valence-corrected chi connectivity index (χ4v) is 4.39. The molecular formula is C23H21BrFNO6S. The lowest BCUT2D eigenvalue weighted by molar-refractivity contribution is -0.145. The highest BCUT2D eigenvalue weighted by Crippen LogP contribution is 2.39. The van der Waals surface area contributed by atoms with Gasteiger partial charge in [0.25, 0.3) is 11.1 Å². The molecule has 2 aromatic carbocycles. The SMILES string of the molecule is CCOC(=O)CN1C(=O)S/C(=C/c2cc(Br)c(OCc3cccc(F)c3)c(OCC)c2)C1=O. The molecule has 0 saturated carbocycles. The molecule has 1 fully saturated rings. The lowest BCUT2D eigenvalue weighted by Crippen LogP contribution is -2.34. The summed E-state index contributed by atoms with van der Waals surface area (Å²) in [7, 11) is 0. The first-order valence-electron chi connectivity index (χ1n) is 10.1. The first kappa shape index (κ1) is 24.8. The van der Waals surface area contributed by atoms with Crippen LogP contribution >= 0.6 is 27.7 Å². The summed E-state index contributed by atoms with van der Waals surface area (Å²) >= 11 is 4.20. The molecule has 10 heteroatoms. The number of imide groups is 1. The molecule has 3 rings (SSSR count). The van der Waals surface area contributed by atoms with Crippen molar-refractivity contribution >= 4 is 50.9 Å². The van der Waals surface area contributed by atoms with E-state index in [1.165, 1.54) is 12.1 Å². The Morgan fingerprint density at radius 1 is 1.15 bits per heavy atom. The topological polar surface area (TPSA) is 82.1 Å². The fourth-order valence-electron chi connectivity index (χ4n) is 2.98. The van der Waals surface area contributed by atoms with Gasteiger partial charge in [0.05, 0.1) is 22.6 Å². The van der Waals surface area contributed by atoms with Gasteiger partial charge in [-0.05, 0) is 83.0 Å². The Morgan fingerprint density at radius 2 is 1.94 bits per heavy atom. The maximum Gasteiger partial charge on any atom is 0.326 e. The van der Waals surface area contributed by atoms with Gasteiger partial charge in [-0.15, -0.1) is 0 Å². The number of benzene rings is 2. The van der Waals surface area contributed by atoms with Crippen molar-refractivity contribution in [3.8, 4) is 11.5 Å². The van der Waals surface area contributed by atoms with E-state index in [2.05, 4.69) is 15.9 Å². The van der Waals surface area contributed by atoms with Gasteiger partial charge < -0.3 is 14.2 Å². The molecule has 2 aromatic rings. The van der Waals surface area contributed by atoms with Crippen LogP contribution in [-0.4, -0.2) is 41.8 Å². The van der Waals surface area contributed by atoms with Crippen LogP contribution < -0.4 is 9.47 Å². The number of carbonyl (C=O) groups is 3. The van der Waals surface area contributed by atoms with Crippen molar-refractivity contribution < 1.29 is 33.0 Å². The first-order valence-corrected chi connectivity index (χ1v) is 11.7. The second-order valence-electron chi connectivity index (χ2n) is 6.75. The number of hydrogen-bond donors (Lipinski definition) is 0. The Hall–Kier alpha value is -2.85. The normalized spacial score (nSPS) is 14.7. The van der Waals surface area contributed by atoms with Crippen molar-refractivity contribution in [2.45, 2.75) is 20.5 Å². The van der Waals surface area contributed by atoms with Gasteiger partial charge >= 0.3 is 5.97 Å². The number of halogens is 2. The van der Waals surface area contributed by atoms with E-state index in [-0.39, 0.29) is 23.9 Å². The number of amides is 2. The number of rotatable bonds is 9. The molecular weight excluding hydrogens is 517 g/mol. The molecule has 0 radical (unpaired) electrons. The minimum absolute atomic E-state index is 0.128. The van der Waals surface area contributed by atoms with Gasteiger partial charge in [-0.2, -0.15) is 0 Å². The third kappa shape index (κ3) is 6.35. The lowest BCUT2D eigenvalue weighted by Gasteiger charge is -2.15. The molecule has 0 N–H and O–H groups in total. The number of nitrogens with zero attached hydrogens (tertiary/aromatic N) is 1. The van der Waals surface area contributed by atoms with Gasteiger partial charge in [-0.1, -0.05) is 12.1 Å². The van der Waals surface area contributed by atoms with E-state index >= 15 is 0 Å². The van der Waals surface area contributed by atoms with Crippen molar-refractivity contribution in [1.29, 1.82) is 0 Å². The summed E-state index contributed by atoms with van der Waals surface area (Å²) in [5.74, 6) is -0.734. The monoisotopic (exact) mass is 537 g/mol. The Bertz CT molecular complexity index is 1110. The zero-order valence-corrected chi connectivity index (χ0v) is 20.3. The largest absolute Gasteiger partial charge is 0.490 e. The predicted molar refractivity (Wildman–Crippen MR) is 125 cm³/mol. The van der Waals surface area contributed by atoms with E-state index in [4.69, 9.17) is 14.2 Å². The predicted octanol–water partition coefficient (Wildman–Crippen LogP) is 5.17. The van der Waals surface area contributed by atoms with E-state index in [0.29, 0.717) is 33.7 Å². The highest BCUT2D eigenvalue weighted by molar-refractivity contribution is 9.10. The molecule has 1 heterocycles. The van der Waals surface area contributed by atoms with Crippen LogP contribution in [0.5, 0.6) is 11.5 Å². The van der Waals surface area contributed by atoms with Gasteiger partial charge in [0.1, 0.15) is 19.0 Å². The minimum Gasteiger partial charge on any atom is -0.490 e. The zero-order chi connectivity index (χ0) is 24.0. The van der Waals surface area contributed by atoms with Gasteiger partial charge in [0, 0.05) is 0 Å². The van der Waals surface area contributed by atoms with E-state index in [1.807, 2.05) is 6.92 Å². The second-order valence-corrected chi connectivity index (χ2v) is 8.60. The molecule has 0 aliphatic carbocycles. The van der Waals surface area contributed by atoms with Crippen LogP contribution in [0, 0.1) is 5.82 Å². The summed E-state index contributed by atoms with van der Waals surface area (Å²) in [6, 6.07) is 9.48. The van der Waals surface area contributed by atoms with Gasteiger partial charge in [0.15, 0.2) is 11.5 Å². The molecule has 0 atom stereocenters. The van der Waals surface area contributed by atoms with Crippen LogP contribution in [0.25, 0.3) is 6.08 Å². The van der Waals surface area contributed by atoms with Crippen molar-refractivity contribution in [2.24, 2.45) is 0 Å². The Balaban J connectivity index is 1.82. The average Bonchev–Trinajstić information content (AvgIpc) is 3.01. The minimum atomic E-state index is -0.651. The molecule has 174 valence electrons. The van der Waals surface area contributed by atoms with Crippen molar-refractivity contribution in [2.75, 3.05) is 19.8 Å². The molecule has 2 amide bonds. The lowest BCUT2D eigenvalue weighted by atomic mass is 10.1. The molecule has 0 aromatic heterocycles. The highest BCUT2D eigenvalue weighted by Gasteiger charge is 2.36. The quantitative estimate of drug-likeness (QED) is 0.322. The smallest absolute Gasteiger partial charge is 0.326 e. The molecule has 33 heavy (non-hydrogen) atoms. The fraction of sp³-hybridized carbons (Fsp3) is 0.261. The van der Waals surface area contributed by atoms with E-state index in [9.17, 15) is 18.8 Å². The van der Waals surface area contributed by atoms with E-state index < -0.39 is 23.7 Å². The second kappa shape index (κ2) is 11.3. The molecule has 1 saturated heterocycles. The van der Waals surface area contributed by atoms with Crippen LogP contribution in [0.15, 0.2) is 45.8 Å². The third-order valence-electron chi connectivity index (χ3n) is 4.37. The molecule has 1 aliphatic rings. The number of ether oxygens (including phenoxy) is 3. The molecule has 0 spiro atoms. The zero-order valence-electron chi connectivity index (χ0n) is 17.9. The number of hydrogen-bond acceptors (Lipinski definition) is 7. The standard InChI is InChI=1S/C23H21BrFNO6S/c1-3-30-18-10-15(9-17(24)21(18)32-13-14-6-5-7-16(25)8-14)11-19-22(28)26(23(29)33-19)12-20(27)31-4-2/h5-11H,3-4,12-13H2,1-2H3/b19-11+. The van der Waals surface area contributed by atoms with Gasteiger partial charge in [-0.3, -0.25) is 19.3 Å². The summed E-state index contributed by atoms with van der Waals surface area (Å²) in [5.41, 5.74) is 1.24. The Morgan fingerprint density at radius 3 is 2.64 bits per heavy atom. The molecule has 7 nitrogen and oxygen atoms in total. The summed E-state index contributed by atoms with van der Waals surface area (Å²) < 4.78 is 30.4. The summed E-state index contributed by atoms with van der Waals surface area (Å²) in [4.78, 5) is 37.5. The molecule has 1 aliphatic heterocycles. The highest BCUT2D eigenvalue weighted by atomic mass is 79.9. The van der Waals surface area contributed by atoms with Crippen LogP contribution in [-0.2, 0) is 20.9 Å². The Labute approximate surface area is 203 Å². The van der Waals surface area contributed by atoms with Crippen molar-refractivity contribution in [3.63, 3.8) is 0 Å². The van der Waals surface area contributed by atoms with Crippen LogP contribution in [0.4, 0.5) is 9.18 Å². The van der Waals surface area contributed by atoms with Gasteiger partial charge in [-0.25, -0.2) is 4.39 Å². The maximum atomic E-state index is 13.4. The van der Waals surface area contributed by atoms with Crippen molar-refractivity contribution in [3.05, 3.63) is 62.7 Å². The van der Waals surface area contributed by atoms with Crippen LogP contribution in [0.2, 0.25) is 0 Å². The third-order valence-corrected chi connectivity index (χ3v) is 5.86. The number of esters is 1. The summed E-state index contributed by atoms with van der Waals surface area (Å²) in [5, 5.41) is -0.543. The average molecular weight is 538 g/mol. The van der Waals surface area contributed by atoms with Crippen LogP contribution in [0.1, 0.15) is 25.0 Å². The summed E-state index contributed by atoms with van der Waals surface area (Å²) in [6.07, 6.45) is 1.54. The van der Waals surface area contributed by atoms with E-state index in [1.54, 1.807) is 37.3 Å². The summed E-state index contributed by atoms with van der Waals surface area (Å²) in [6.45, 7) is 3.68. The maximum absolute atomic E-state index is 13.4. The number of thioether (sulfide) groups is 1. The first-order chi connectivity index (χ1) is 15.8. The molecule has 0 unspecified atom stereocenters. The Kier molecular flexibility index (Phi) is 8.51. The van der Waals surface area contributed by atoms with Gasteiger partial charge in [0.2, 0.25) is 0 Å². The van der Waals surface area contributed by atoms with Crippen molar-refractivity contribution in [1.82, 2.24) is 4.90 Å². The van der Waals surface area contributed by atoms with Crippen LogP contribution in [0.3, 0.4) is 0 Å². The number of carbonyl (C=O) groups excluding carboxylic acids is 3. The molecule has 0 bridgehead atoms.